The van der Waals surface area contributed by atoms with E-state index >= 15 is 0 Å². The summed E-state index contributed by atoms with van der Waals surface area (Å²) in [6.45, 7) is 0. The molecule has 3 saturated carbocycles. The fourth-order valence-corrected chi connectivity index (χ4v) is 4.94. The van der Waals surface area contributed by atoms with Crippen LogP contribution in [0.1, 0.15) is 42.7 Å². The van der Waals surface area contributed by atoms with Gasteiger partial charge in [0.15, 0.2) is 0 Å². The van der Waals surface area contributed by atoms with Gasteiger partial charge in [-0.05, 0) is 61.1 Å². The Morgan fingerprint density at radius 1 is 1.24 bits per heavy atom. The topological polar surface area (TPSA) is 79.2 Å². The van der Waals surface area contributed by atoms with Gasteiger partial charge in [-0.25, -0.2) is 0 Å². The molecule has 25 heavy (non-hydrogen) atoms. The molecule has 0 unspecified atom stereocenters. The van der Waals surface area contributed by atoms with E-state index in [1.165, 1.54) is 7.11 Å². The molecule has 3 fully saturated rings. The standard InChI is InChI=1S/C20H22N2O3/c1-25-20(24)17-13-5-6-14(8-13)18(17)22-19(23)16-9-15(16)12-4-2-3-11(7-12)10-21/h2-4,7,13-18H,5-6,8-9H2,1H3,(H,22,23)/t13-,14-,15-,16-,17+,18-/m0/s1. The largest absolute Gasteiger partial charge is 0.469 e. The summed E-state index contributed by atoms with van der Waals surface area (Å²) in [5.74, 6) is 0.550. The molecule has 6 atom stereocenters. The third-order valence-corrected chi connectivity index (χ3v) is 6.27. The van der Waals surface area contributed by atoms with Crippen LogP contribution in [0.4, 0.5) is 0 Å². The Hall–Kier alpha value is -2.35. The molecule has 0 radical (unpaired) electrons. The van der Waals surface area contributed by atoms with Crippen molar-refractivity contribution in [2.24, 2.45) is 23.7 Å². The van der Waals surface area contributed by atoms with Crippen molar-refractivity contribution in [2.75, 3.05) is 7.11 Å². The lowest BCUT2D eigenvalue weighted by Gasteiger charge is -2.29. The lowest BCUT2D eigenvalue weighted by Crippen LogP contribution is -2.47. The van der Waals surface area contributed by atoms with Crippen LogP contribution in [0.5, 0.6) is 0 Å². The number of esters is 1. The highest BCUT2D eigenvalue weighted by molar-refractivity contribution is 5.84. The minimum atomic E-state index is -0.188. The van der Waals surface area contributed by atoms with Crippen molar-refractivity contribution in [2.45, 2.75) is 37.6 Å². The van der Waals surface area contributed by atoms with Gasteiger partial charge in [0.25, 0.3) is 0 Å². The number of nitrogens with one attached hydrogen (secondary N) is 1. The third-order valence-electron chi connectivity index (χ3n) is 6.27. The first kappa shape index (κ1) is 16.1. The molecule has 1 aromatic rings. The van der Waals surface area contributed by atoms with Gasteiger partial charge in [-0.3, -0.25) is 9.59 Å². The molecular formula is C20H22N2O3. The highest BCUT2D eigenvalue weighted by Gasteiger charge is 2.53. The molecule has 0 saturated heterocycles. The Morgan fingerprint density at radius 2 is 2.04 bits per heavy atom. The lowest BCUT2D eigenvalue weighted by molar-refractivity contribution is -0.148. The van der Waals surface area contributed by atoms with Crippen LogP contribution in [-0.2, 0) is 14.3 Å². The Balaban J connectivity index is 1.43. The fourth-order valence-electron chi connectivity index (χ4n) is 4.94. The summed E-state index contributed by atoms with van der Waals surface area (Å²) in [7, 11) is 1.42. The van der Waals surface area contributed by atoms with Crippen molar-refractivity contribution in [3.63, 3.8) is 0 Å². The van der Waals surface area contributed by atoms with Gasteiger partial charge in [-0.15, -0.1) is 0 Å². The second-order valence-corrected chi connectivity index (χ2v) is 7.60. The number of benzene rings is 1. The van der Waals surface area contributed by atoms with Crippen molar-refractivity contribution < 1.29 is 14.3 Å². The minimum absolute atomic E-state index is 0.0406. The van der Waals surface area contributed by atoms with Crippen LogP contribution in [0.25, 0.3) is 0 Å². The van der Waals surface area contributed by atoms with Crippen LogP contribution in [0.3, 0.4) is 0 Å². The molecule has 1 N–H and O–H groups in total. The van der Waals surface area contributed by atoms with Gasteiger partial charge < -0.3 is 10.1 Å². The van der Waals surface area contributed by atoms with Gasteiger partial charge >= 0.3 is 5.97 Å². The predicted molar refractivity (Wildman–Crippen MR) is 90.3 cm³/mol. The summed E-state index contributed by atoms with van der Waals surface area (Å²) in [5.41, 5.74) is 1.68. The molecule has 0 heterocycles. The predicted octanol–water partition coefficient (Wildman–Crippen LogP) is 2.37. The molecule has 0 aliphatic heterocycles. The van der Waals surface area contributed by atoms with Gasteiger partial charge in [0.05, 0.1) is 24.7 Å². The van der Waals surface area contributed by atoms with Crippen molar-refractivity contribution in [3.8, 4) is 6.07 Å². The summed E-state index contributed by atoms with van der Waals surface area (Å²) >= 11 is 0. The number of amides is 1. The maximum Gasteiger partial charge on any atom is 0.311 e. The average Bonchev–Trinajstić information content (AvgIpc) is 3.21. The molecule has 3 aliphatic carbocycles. The zero-order valence-corrected chi connectivity index (χ0v) is 14.3. The second kappa shape index (κ2) is 6.18. The van der Waals surface area contributed by atoms with Crippen molar-refractivity contribution in [1.29, 1.82) is 5.26 Å². The highest BCUT2D eigenvalue weighted by Crippen LogP contribution is 2.51. The lowest BCUT2D eigenvalue weighted by atomic mass is 9.84. The number of methoxy groups -OCH3 is 1. The van der Waals surface area contributed by atoms with Crippen LogP contribution in [0.15, 0.2) is 24.3 Å². The molecule has 130 valence electrons. The minimum Gasteiger partial charge on any atom is -0.469 e. The van der Waals surface area contributed by atoms with E-state index in [1.807, 2.05) is 18.2 Å². The first-order valence-corrected chi connectivity index (χ1v) is 9.00. The van der Waals surface area contributed by atoms with E-state index in [4.69, 9.17) is 10.00 Å². The number of hydrogen-bond donors (Lipinski definition) is 1. The number of rotatable bonds is 4. The van der Waals surface area contributed by atoms with Gasteiger partial charge in [0, 0.05) is 12.0 Å². The molecular weight excluding hydrogens is 316 g/mol. The maximum absolute atomic E-state index is 12.7. The summed E-state index contributed by atoms with van der Waals surface area (Å²) in [6.07, 6.45) is 3.97. The fraction of sp³-hybridized carbons (Fsp3) is 0.550. The Kier molecular flexibility index (Phi) is 3.99. The SMILES string of the molecule is COC(=O)[C@@H]1[C@H]2CC[C@@H](C2)[C@@H]1NC(=O)[C@H]1C[C@H]1c1cccc(C#N)c1. The number of carbonyl (C=O) groups excluding carboxylic acids is 2. The van der Waals surface area contributed by atoms with Crippen molar-refractivity contribution in [1.82, 2.24) is 5.32 Å². The molecule has 0 aromatic heterocycles. The molecule has 1 amide bonds. The van der Waals surface area contributed by atoms with Gasteiger partial charge in [0.1, 0.15) is 0 Å². The second-order valence-electron chi connectivity index (χ2n) is 7.60. The average molecular weight is 338 g/mol. The quantitative estimate of drug-likeness (QED) is 0.855. The number of carbonyl (C=O) groups is 2. The van der Waals surface area contributed by atoms with Crippen LogP contribution in [0.2, 0.25) is 0 Å². The van der Waals surface area contributed by atoms with E-state index in [-0.39, 0.29) is 35.7 Å². The Bertz CT molecular complexity index is 754. The van der Waals surface area contributed by atoms with E-state index < -0.39 is 0 Å². The molecule has 0 spiro atoms. The third kappa shape index (κ3) is 2.80. The molecule has 5 heteroatoms. The van der Waals surface area contributed by atoms with Crippen molar-refractivity contribution >= 4 is 11.9 Å². The first-order chi connectivity index (χ1) is 12.1. The van der Waals surface area contributed by atoms with E-state index in [9.17, 15) is 9.59 Å². The Morgan fingerprint density at radius 3 is 2.80 bits per heavy atom. The first-order valence-electron chi connectivity index (χ1n) is 9.00. The highest BCUT2D eigenvalue weighted by atomic mass is 16.5. The van der Waals surface area contributed by atoms with Gasteiger partial charge in [-0.2, -0.15) is 5.26 Å². The molecule has 2 bridgehead atoms. The van der Waals surface area contributed by atoms with Crippen LogP contribution in [0, 0.1) is 35.0 Å². The number of fused-ring (bicyclic) bond motifs is 2. The number of nitrogens with zero attached hydrogens (tertiary/aromatic N) is 1. The van der Waals surface area contributed by atoms with Crippen LogP contribution in [-0.4, -0.2) is 25.0 Å². The number of nitriles is 1. The molecule has 3 aliphatic rings. The maximum atomic E-state index is 12.7. The smallest absolute Gasteiger partial charge is 0.311 e. The van der Waals surface area contributed by atoms with E-state index in [2.05, 4.69) is 11.4 Å². The zero-order chi connectivity index (χ0) is 17.6. The summed E-state index contributed by atoms with van der Waals surface area (Å²) in [5, 5.41) is 12.2. The van der Waals surface area contributed by atoms with Crippen LogP contribution < -0.4 is 5.32 Å². The van der Waals surface area contributed by atoms with E-state index in [1.54, 1.807) is 6.07 Å². The Labute approximate surface area is 147 Å². The zero-order valence-electron chi connectivity index (χ0n) is 14.3. The normalized spacial score (nSPS) is 35.0. The van der Waals surface area contributed by atoms with Gasteiger partial charge in [-0.1, -0.05) is 12.1 Å². The molecule has 4 rings (SSSR count). The summed E-state index contributed by atoms with van der Waals surface area (Å²) in [4.78, 5) is 24.8. The van der Waals surface area contributed by atoms with Crippen molar-refractivity contribution in [3.05, 3.63) is 35.4 Å². The van der Waals surface area contributed by atoms with Crippen LogP contribution >= 0.6 is 0 Å². The summed E-state index contributed by atoms with van der Waals surface area (Å²) < 4.78 is 4.97. The van der Waals surface area contributed by atoms with Gasteiger partial charge in [0.2, 0.25) is 5.91 Å². The van der Waals surface area contributed by atoms with E-state index in [0.29, 0.717) is 17.4 Å². The molecule has 1 aromatic carbocycles. The molecule has 5 nitrogen and oxygen atoms in total. The van der Waals surface area contributed by atoms with E-state index in [0.717, 1.165) is 31.2 Å². The summed E-state index contributed by atoms with van der Waals surface area (Å²) in [6, 6.07) is 9.55. The monoisotopic (exact) mass is 338 g/mol. The number of hydrogen-bond acceptors (Lipinski definition) is 4. The number of ether oxygens (including phenoxy) is 1.